The van der Waals surface area contributed by atoms with Crippen LogP contribution in [0.3, 0.4) is 0 Å². The summed E-state index contributed by atoms with van der Waals surface area (Å²) in [5, 5.41) is 19.9. The fraction of sp³-hybridized carbons (Fsp3) is 0.857. The molecule has 72 valence electrons. The zero-order valence-corrected chi connectivity index (χ0v) is 8.48. The normalized spacial score (nSPS) is 47.2. The van der Waals surface area contributed by atoms with Crippen molar-refractivity contribution in [3.05, 3.63) is 0 Å². The Labute approximate surface area is 77.8 Å². The van der Waals surface area contributed by atoms with Crippen LogP contribution in [-0.2, 0) is 0 Å². The van der Waals surface area contributed by atoms with Gasteiger partial charge in [-0.1, -0.05) is 0 Å². The van der Waals surface area contributed by atoms with Crippen LogP contribution >= 0.6 is 7.21 Å². The van der Waals surface area contributed by atoms with Gasteiger partial charge in [0.15, 0.2) is 0 Å². The van der Waals surface area contributed by atoms with Gasteiger partial charge in [0.05, 0.1) is 0 Å². The fourth-order valence-electron chi connectivity index (χ4n) is 3.18. The molecule has 0 saturated carbocycles. The molecule has 0 aromatic rings. The van der Waals surface area contributed by atoms with E-state index in [1.165, 1.54) is 0 Å². The minimum absolute atomic E-state index is 0.978. The summed E-state index contributed by atoms with van der Waals surface area (Å²) in [5.41, 5.74) is 0. The van der Waals surface area contributed by atoms with E-state index >= 15 is 0 Å². The van der Waals surface area contributed by atoms with E-state index in [-0.39, 0.29) is 0 Å². The molecule has 3 saturated heterocycles. The fourth-order valence-corrected chi connectivity index (χ4v) is 7.93. The van der Waals surface area contributed by atoms with E-state index in [0.717, 1.165) is 43.5 Å². The van der Waals surface area contributed by atoms with Crippen molar-refractivity contribution < 1.29 is 4.25 Å². The molecule has 0 aliphatic carbocycles. The average molecular weight is 200 g/mol. The van der Waals surface area contributed by atoms with Crippen molar-refractivity contribution in [3.63, 3.8) is 0 Å². The molecule has 0 atom stereocenters. The predicted molar refractivity (Wildman–Crippen MR) is 51.4 cm³/mol. The van der Waals surface area contributed by atoms with Crippen LogP contribution < -0.4 is 15.3 Å². The van der Waals surface area contributed by atoms with Crippen molar-refractivity contribution in [2.24, 2.45) is 0 Å². The third kappa shape index (κ3) is 0.613. The topological polar surface area (TPSA) is 59.9 Å². The molecule has 3 heterocycles. The van der Waals surface area contributed by atoms with Gasteiger partial charge in [0.25, 0.3) is 0 Å². The molecule has 0 unspecified atom stereocenters. The van der Waals surface area contributed by atoms with Gasteiger partial charge in [-0.2, -0.15) is 0 Å². The van der Waals surface area contributed by atoms with E-state index < -0.39 is 7.21 Å². The van der Waals surface area contributed by atoms with Crippen molar-refractivity contribution in [2.75, 3.05) is 39.3 Å². The van der Waals surface area contributed by atoms with Crippen LogP contribution in [0.1, 0.15) is 0 Å². The second-order valence-corrected chi connectivity index (χ2v) is 8.30. The molecule has 3 rings (SSSR count). The summed E-state index contributed by atoms with van der Waals surface area (Å²) in [5.74, 6) is 2.58. The molecule has 0 radical (unpaired) electrons. The van der Waals surface area contributed by atoms with Crippen LogP contribution in [0.25, 0.3) is 0 Å². The first-order valence-electron chi connectivity index (χ1n) is 4.83. The van der Waals surface area contributed by atoms with Gasteiger partial charge in [0.1, 0.15) is 0 Å². The molecule has 0 bridgehead atoms. The summed E-state index contributed by atoms with van der Waals surface area (Å²) in [4.78, 5) is 0. The summed E-state index contributed by atoms with van der Waals surface area (Å²) in [6.45, 7) is 6.28. The van der Waals surface area contributed by atoms with Crippen LogP contribution in [0.15, 0.2) is 0 Å². The average Bonchev–Trinajstić information content (AvgIpc) is 2.60. The molecule has 3 aliphatic rings. The van der Waals surface area contributed by atoms with Crippen molar-refractivity contribution in [2.45, 2.75) is 0 Å². The summed E-state index contributed by atoms with van der Waals surface area (Å²) in [6, 6.07) is 0. The summed E-state index contributed by atoms with van der Waals surface area (Å²) in [6.07, 6.45) is 0. The van der Waals surface area contributed by atoms with E-state index in [0.29, 0.717) is 0 Å². The Balaban J connectivity index is 2.23. The second-order valence-electron chi connectivity index (χ2n) is 4.16. The number of hydrogen-bond acceptors (Lipinski definition) is 4. The summed E-state index contributed by atoms with van der Waals surface area (Å²) in [7, 11) is -2.59. The van der Waals surface area contributed by atoms with E-state index in [1.807, 2.05) is 0 Å². The Hall–Kier alpha value is -0.240. The molecule has 0 aromatic heterocycles. The Kier molecular flexibility index (Phi) is 1.28. The molecule has 3 fully saturated rings. The molecule has 0 aromatic carbocycles. The Morgan fingerprint density at radius 2 is 1.46 bits per heavy atom. The third-order valence-electron chi connectivity index (χ3n) is 3.89. The van der Waals surface area contributed by atoms with Crippen molar-refractivity contribution in [3.8, 4) is 5.81 Å². The second kappa shape index (κ2) is 2.05. The first-order chi connectivity index (χ1) is 6.26. The van der Waals surface area contributed by atoms with E-state index in [2.05, 4.69) is 21.1 Å². The first-order valence-corrected chi connectivity index (χ1v) is 7.02. The molecule has 3 N–H and O–H groups in total. The van der Waals surface area contributed by atoms with Gasteiger partial charge in [0, 0.05) is 0 Å². The number of nitrogens with zero attached hydrogens (tertiary/aromatic N) is 2. The molecule has 0 amide bonds. The molecule has 6 heteroatoms. The van der Waals surface area contributed by atoms with Gasteiger partial charge < -0.3 is 0 Å². The van der Waals surface area contributed by atoms with Crippen molar-refractivity contribution in [1.29, 1.82) is 5.26 Å². The van der Waals surface area contributed by atoms with Crippen LogP contribution in [0.4, 0.5) is 0 Å². The van der Waals surface area contributed by atoms with Gasteiger partial charge in [-0.15, -0.1) is 0 Å². The Morgan fingerprint density at radius 1 is 1.00 bits per heavy atom. The van der Waals surface area contributed by atoms with Crippen LogP contribution in [-0.4, -0.2) is 43.5 Å². The van der Waals surface area contributed by atoms with Gasteiger partial charge in [-0.25, -0.2) is 0 Å². The van der Waals surface area contributed by atoms with E-state index in [1.54, 1.807) is 0 Å². The van der Waals surface area contributed by atoms with Gasteiger partial charge in [-0.3, -0.25) is 0 Å². The maximum absolute atomic E-state index is 9.49. The minimum atomic E-state index is -2.59. The molecule has 0 spiro atoms. The number of rotatable bonds is 0. The zero-order valence-electron chi connectivity index (χ0n) is 7.58. The van der Waals surface area contributed by atoms with Crippen LogP contribution in [0, 0.1) is 11.1 Å². The maximum atomic E-state index is 9.49. The van der Waals surface area contributed by atoms with Crippen molar-refractivity contribution in [1.82, 2.24) is 15.3 Å². The standard InChI is InChI=1S/C7H15N5P/c8-7-13-9-1-4-12(13,5-2-10-13)6-3-11-13/h9-11H,1-6H2/q+1. The Morgan fingerprint density at radius 3 is 1.77 bits per heavy atom. The SMILES string of the molecule is N#CP123NCC[N+]1(CCN2)CCN3. The molecule has 13 heavy (non-hydrogen) atoms. The van der Waals surface area contributed by atoms with Crippen molar-refractivity contribution >= 4 is 7.21 Å². The van der Waals surface area contributed by atoms with E-state index in [4.69, 9.17) is 0 Å². The van der Waals surface area contributed by atoms with Crippen LogP contribution in [0.2, 0.25) is 0 Å². The van der Waals surface area contributed by atoms with Crippen LogP contribution in [0.5, 0.6) is 0 Å². The molecule has 3 aliphatic heterocycles. The van der Waals surface area contributed by atoms with E-state index in [9.17, 15) is 5.26 Å². The van der Waals surface area contributed by atoms with Gasteiger partial charge in [0.2, 0.25) is 0 Å². The monoisotopic (exact) mass is 200 g/mol. The summed E-state index contributed by atoms with van der Waals surface area (Å²) < 4.78 is 0.988. The first kappa shape index (κ1) is 8.10. The molecule has 5 nitrogen and oxygen atoms in total. The number of hydrogen-bond donors (Lipinski definition) is 3. The number of quaternary nitrogens is 1. The van der Waals surface area contributed by atoms with Gasteiger partial charge in [-0.05, 0) is 0 Å². The zero-order chi connectivity index (χ0) is 9.02. The third-order valence-corrected chi connectivity index (χ3v) is 9.09. The summed E-state index contributed by atoms with van der Waals surface area (Å²) >= 11 is 0. The Bertz CT molecular complexity index is 276. The predicted octanol–water partition coefficient (Wildman–Crippen LogP) is -0.693. The number of nitrogens with one attached hydrogen (secondary N) is 3. The van der Waals surface area contributed by atoms with Gasteiger partial charge >= 0.3 is 77.1 Å². The number of nitriles is 1. The molecular weight excluding hydrogens is 185 g/mol. The quantitative estimate of drug-likeness (QED) is 0.453. The molecular formula is C7H15N5P+.